The van der Waals surface area contributed by atoms with E-state index >= 15 is 0 Å². The van der Waals surface area contributed by atoms with E-state index in [1.165, 1.54) is 0 Å². The molecule has 1 unspecified atom stereocenters. The molecule has 1 aromatic heterocycles. The lowest BCUT2D eigenvalue weighted by Crippen LogP contribution is -2.40. The van der Waals surface area contributed by atoms with Crippen LogP contribution in [0.3, 0.4) is 0 Å². The Morgan fingerprint density at radius 3 is 2.43 bits per heavy atom. The molecule has 4 rings (SSSR count). The van der Waals surface area contributed by atoms with Crippen LogP contribution in [0, 0.1) is 10.8 Å². The zero-order chi connectivity index (χ0) is 19.6. The number of rotatable bonds is 6. The van der Waals surface area contributed by atoms with Crippen LogP contribution in [0.1, 0.15) is 37.3 Å². The third-order valence-corrected chi connectivity index (χ3v) is 6.73. The lowest BCUT2D eigenvalue weighted by Gasteiger charge is -2.32. The number of benzene rings is 1. The highest BCUT2D eigenvalue weighted by Gasteiger charge is 2.68. The molecule has 30 heavy (non-hydrogen) atoms. The number of piperidine rings is 1. The number of hydrogen-bond acceptors (Lipinski definition) is 4. The SMILES string of the molecule is COc1ccccc1CN(Cc1ccncc1)C(=O)C1(C)CC12CCNCC2.Cl.Cl. The van der Waals surface area contributed by atoms with Gasteiger partial charge < -0.3 is 15.0 Å². The Morgan fingerprint density at radius 2 is 1.77 bits per heavy atom. The van der Waals surface area contributed by atoms with Gasteiger partial charge >= 0.3 is 0 Å². The van der Waals surface area contributed by atoms with E-state index in [2.05, 4.69) is 17.2 Å². The maximum absolute atomic E-state index is 13.8. The van der Waals surface area contributed by atoms with Gasteiger partial charge in [-0.2, -0.15) is 0 Å². The molecule has 5 nitrogen and oxygen atoms in total. The predicted molar refractivity (Wildman–Crippen MR) is 123 cm³/mol. The van der Waals surface area contributed by atoms with E-state index in [1.807, 2.05) is 41.3 Å². The molecule has 1 aromatic carbocycles. The number of hydrogen-bond donors (Lipinski definition) is 1. The van der Waals surface area contributed by atoms with Gasteiger partial charge in [-0.1, -0.05) is 25.1 Å². The molecule has 7 heteroatoms. The number of methoxy groups -OCH3 is 1. The molecule has 1 aliphatic heterocycles. The molecule has 2 aromatic rings. The van der Waals surface area contributed by atoms with Gasteiger partial charge in [0.25, 0.3) is 0 Å². The molecule has 2 aliphatic rings. The molecular formula is C23H31Cl2N3O2. The number of aromatic nitrogens is 1. The van der Waals surface area contributed by atoms with Crippen molar-refractivity contribution in [3.05, 3.63) is 59.9 Å². The van der Waals surface area contributed by atoms with Crippen molar-refractivity contribution in [2.75, 3.05) is 20.2 Å². The zero-order valence-electron chi connectivity index (χ0n) is 17.6. The van der Waals surface area contributed by atoms with Gasteiger partial charge in [-0.05, 0) is 61.5 Å². The summed E-state index contributed by atoms with van der Waals surface area (Å²) >= 11 is 0. The fourth-order valence-electron chi connectivity index (χ4n) is 4.87. The fraction of sp³-hybridized carbons (Fsp3) is 0.478. The fourth-order valence-corrected chi connectivity index (χ4v) is 4.87. The van der Waals surface area contributed by atoms with Gasteiger partial charge in [0.1, 0.15) is 5.75 Å². The number of nitrogens with zero attached hydrogens (tertiary/aromatic N) is 2. The second-order valence-corrected chi connectivity index (χ2v) is 8.37. The summed E-state index contributed by atoms with van der Waals surface area (Å²) in [5.41, 5.74) is 2.05. The third kappa shape index (κ3) is 4.58. The van der Waals surface area contributed by atoms with Crippen LogP contribution in [-0.2, 0) is 17.9 Å². The highest BCUT2D eigenvalue weighted by Crippen LogP contribution is 2.69. The van der Waals surface area contributed by atoms with Crippen molar-refractivity contribution in [3.63, 3.8) is 0 Å². The van der Waals surface area contributed by atoms with Crippen LogP contribution in [0.2, 0.25) is 0 Å². The summed E-state index contributed by atoms with van der Waals surface area (Å²) in [5.74, 6) is 1.09. The van der Waals surface area contributed by atoms with Gasteiger partial charge in [-0.25, -0.2) is 0 Å². The van der Waals surface area contributed by atoms with Gasteiger partial charge in [0.2, 0.25) is 5.91 Å². The molecule has 1 saturated heterocycles. The number of nitrogens with one attached hydrogen (secondary N) is 1. The van der Waals surface area contributed by atoms with Gasteiger partial charge in [-0.15, -0.1) is 24.8 Å². The number of pyridine rings is 1. The molecule has 0 bridgehead atoms. The topological polar surface area (TPSA) is 54.5 Å². The Hall–Kier alpha value is -1.82. The Labute approximate surface area is 191 Å². The quantitative estimate of drug-likeness (QED) is 0.713. The van der Waals surface area contributed by atoms with E-state index in [4.69, 9.17) is 4.74 Å². The molecule has 0 radical (unpaired) electrons. The van der Waals surface area contributed by atoms with Crippen LogP contribution in [0.15, 0.2) is 48.8 Å². The predicted octanol–water partition coefficient (Wildman–Crippen LogP) is 4.24. The first-order valence-electron chi connectivity index (χ1n) is 10.1. The van der Waals surface area contributed by atoms with Gasteiger partial charge in [-0.3, -0.25) is 9.78 Å². The van der Waals surface area contributed by atoms with Crippen molar-refractivity contribution in [1.82, 2.24) is 15.2 Å². The second kappa shape index (κ2) is 9.99. The minimum absolute atomic E-state index is 0. The van der Waals surface area contributed by atoms with Crippen LogP contribution in [-0.4, -0.2) is 36.0 Å². The average Bonchev–Trinajstić information content (AvgIpc) is 3.31. The molecule has 1 amide bonds. The lowest BCUT2D eigenvalue weighted by atomic mass is 9.84. The van der Waals surface area contributed by atoms with E-state index in [0.29, 0.717) is 13.1 Å². The van der Waals surface area contributed by atoms with Crippen LogP contribution in [0.5, 0.6) is 5.75 Å². The first kappa shape index (κ1) is 24.4. The lowest BCUT2D eigenvalue weighted by molar-refractivity contribution is -0.139. The summed E-state index contributed by atoms with van der Waals surface area (Å²) in [5, 5.41) is 3.43. The Balaban J connectivity index is 0.00000160. The van der Waals surface area contributed by atoms with E-state index in [9.17, 15) is 4.79 Å². The largest absolute Gasteiger partial charge is 0.496 e. The number of halogens is 2. The van der Waals surface area contributed by atoms with Crippen molar-refractivity contribution >= 4 is 30.7 Å². The number of amides is 1. The van der Waals surface area contributed by atoms with Crippen LogP contribution < -0.4 is 10.1 Å². The Morgan fingerprint density at radius 1 is 1.10 bits per heavy atom. The molecule has 2 fully saturated rings. The number of carbonyl (C=O) groups excluding carboxylic acids is 1. The Bertz CT molecular complexity index is 843. The van der Waals surface area contributed by atoms with E-state index in [-0.39, 0.29) is 41.6 Å². The summed E-state index contributed by atoms with van der Waals surface area (Å²) in [6, 6.07) is 11.9. The highest BCUT2D eigenvalue weighted by atomic mass is 35.5. The summed E-state index contributed by atoms with van der Waals surface area (Å²) in [6.45, 7) is 5.33. The summed E-state index contributed by atoms with van der Waals surface area (Å²) in [6.07, 6.45) is 6.75. The minimum Gasteiger partial charge on any atom is -0.496 e. The van der Waals surface area contributed by atoms with Crippen molar-refractivity contribution < 1.29 is 9.53 Å². The first-order chi connectivity index (χ1) is 13.6. The molecule has 1 saturated carbocycles. The van der Waals surface area contributed by atoms with Gasteiger partial charge in [0.05, 0.1) is 12.5 Å². The first-order valence-corrected chi connectivity index (χ1v) is 10.1. The van der Waals surface area contributed by atoms with E-state index in [0.717, 1.165) is 49.2 Å². The second-order valence-electron chi connectivity index (χ2n) is 8.37. The summed E-state index contributed by atoms with van der Waals surface area (Å²) in [7, 11) is 1.68. The Kier molecular flexibility index (Phi) is 8.14. The summed E-state index contributed by atoms with van der Waals surface area (Å²) in [4.78, 5) is 19.9. The third-order valence-electron chi connectivity index (χ3n) is 6.73. The number of carbonyl (C=O) groups is 1. The molecule has 1 spiro atoms. The normalized spacial score (nSPS) is 21.1. The maximum Gasteiger partial charge on any atom is 0.229 e. The van der Waals surface area contributed by atoms with Crippen molar-refractivity contribution in [2.24, 2.45) is 10.8 Å². The average molecular weight is 452 g/mol. The maximum atomic E-state index is 13.8. The van der Waals surface area contributed by atoms with Crippen molar-refractivity contribution in [3.8, 4) is 5.75 Å². The monoisotopic (exact) mass is 451 g/mol. The van der Waals surface area contributed by atoms with Crippen LogP contribution >= 0.6 is 24.8 Å². The highest BCUT2D eigenvalue weighted by molar-refractivity contribution is 5.87. The zero-order valence-corrected chi connectivity index (χ0v) is 19.2. The molecule has 2 heterocycles. The molecule has 1 N–H and O–H groups in total. The van der Waals surface area contributed by atoms with Crippen molar-refractivity contribution in [2.45, 2.75) is 39.3 Å². The van der Waals surface area contributed by atoms with Gasteiger partial charge in [0, 0.05) is 31.0 Å². The molecule has 1 aliphatic carbocycles. The molecular weight excluding hydrogens is 421 g/mol. The minimum atomic E-state index is -0.260. The van der Waals surface area contributed by atoms with E-state index in [1.54, 1.807) is 19.5 Å². The molecule has 164 valence electrons. The van der Waals surface area contributed by atoms with Crippen LogP contribution in [0.25, 0.3) is 0 Å². The standard InChI is InChI=1S/C23H29N3O2.2ClH/c1-22(17-23(22)9-13-25-14-10-23)21(27)26(15-18-7-11-24-12-8-18)16-19-5-3-4-6-20(19)28-2;;/h3-8,11-12,25H,9-10,13-17H2,1-2H3;2*1H. The van der Waals surface area contributed by atoms with Crippen LogP contribution in [0.4, 0.5) is 0 Å². The van der Waals surface area contributed by atoms with Crippen molar-refractivity contribution in [1.29, 1.82) is 0 Å². The number of para-hydroxylation sites is 1. The number of ether oxygens (including phenoxy) is 1. The summed E-state index contributed by atoms with van der Waals surface area (Å²) < 4.78 is 5.53. The van der Waals surface area contributed by atoms with Gasteiger partial charge in [0.15, 0.2) is 0 Å². The smallest absolute Gasteiger partial charge is 0.229 e. The van der Waals surface area contributed by atoms with E-state index < -0.39 is 0 Å². The molecule has 1 atom stereocenters.